The number of nitrogens with zero attached hydrogens (tertiary/aromatic N) is 2. The van der Waals surface area contributed by atoms with E-state index >= 15 is 0 Å². The van der Waals surface area contributed by atoms with Gasteiger partial charge < -0.3 is 0 Å². The van der Waals surface area contributed by atoms with Crippen LogP contribution in [-0.4, -0.2) is 15.2 Å². The first-order chi connectivity index (χ1) is 8.88. The van der Waals surface area contributed by atoms with E-state index in [1.165, 1.54) is 0 Å². The van der Waals surface area contributed by atoms with Crippen LogP contribution in [0.1, 0.15) is 62.5 Å². The van der Waals surface area contributed by atoms with E-state index in [0.29, 0.717) is 0 Å². The maximum atomic E-state index is 4.05. The molecule has 2 aromatic heterocycles. The van der Waals surface area contributed by atoms with Gasteiger partial charge in [0.2, 0.25) is 0 Å². The molecular weight excluding hydrogens is 222 g/mol. The Bertz CT molecular complexity index is 359. The molecule has 0 saturated heterocycles. The van der Waals surface area contributed by atoms with Crippen molar-refractivity contribution >= 4 is 10.9 Å². The molecule has 0 fully saturated rings. The zero-order chi connectivity index (χ0) is 15.0. The van der Waals surface area contributed by atoms with Crippen LogP contribution in [0.25, 0.3) is 10.9 Å². The second-order valence-corrected chi connectivity index (χ2v) is 2.24. The minimum absolute atomic E-state index is 0. The molecule has 0 aliphatic heterocycles. The smallest absolute Gasteiger partial charge is 0.0954 e. The van der Waals surface area contributed by atoms with Gasteiger partial charge in [0, 0.05) is 24.9 Å². The van der Waals surface area contributed by atoms with Crippen molar-refractivity contribution in [3.05, 3.63) is 24.2 Å². The van der Waals surface area contributed by atoms with Crippen molar-refractivity contribution in [3.63, 3.8) is 0 Å². The Balaban J connectivity index is -0.000000109. The maximum absolute atomic E-state index is 4.05. The average molecular weight is 255 g/mol. The van der Waals surface area contributed by atoms with E-state index in [1.54, 1.807) is 6.20 Å². The molecule has 0 radical (unpaired) electrons. The van der Waals surface area contributed by atoms with Crippen molar-refractivity contribution in [2.75, 3.05) is 0 Å². The summed E-state index contributed by atoms with van der Waals surface area (Å²) in [6, 6.07) is 1.89. The second kappa shape index (κ2) is 18.0. The van der Waals surface area contributed by atoms with E-state index < -0.39 is 0 Å². The topological polar surface area (TPSA) is 41.6 Å². The normalized spacial score (nSPS) is 7.17. The van der Waals surface area contributed by atoms with Gasteiger partial charge in [-0.3, -0.25) is 10.1 Å². The lowest BCUT2D eigenvalue weighted by Crippen LogP contribution is -1.70. The molecule has 108 valence electrons. The van der Waals surface area contributed by atoms with Gasteiger partial charge >= 0.3 is 0 Å². The van der Waals surface area contributed by atoms with Gasteiger partial charge in [-0.25, -0.2) is 0 Å². The first kappa shape index (κ1) is 21.9. The standard InChI is InChI=1S/C7H7N3.4C2H6.H2/c1-5-6-4-8-3-2-7(6)10-9-5;4*1-2;/h2-4H,1H3,(H,9,10);4*1-2H3;1H. The first-order valence-corrected chi connectivity index (χ1v) is 7.12. The summed E-state index contributed by atoms with van der Waals surface area (Å²) in [6.45, 7) is 18.0. The number of aryl methyl sites for hydroxylation is 1. The van der Waals surface area contributed by atoms with E-state index in [0.717, 1.165) is 16.6 Å². The van der Waals surface area contributed by atoms with Crippen LogP contribution in [0.15, 0.2) is 18.5 Å². The Kier molecular flexibility index (Phi) is 21.9. The Morgan fingerprint density at radius 3 is 1.89 bits per heavy atom. The van der Waals surface area contributed by atoms with Crippen LogP contribution >= 0.6 is 0 Å². The zero-order valence-electron chi connectivity index (χ0n) is 13.6. The molecule has 0 atom stereocenters. The van der Waals surface area contributed by atoms with Crippen molar-refractivity contribution in [3.8, 4) is 0 Å². The Morgan fingerprint density at radius 1 is 0.944 bits per heavy atom. The molecule has 2 aromatic rings. The van der Waals surface area contributed by atoms with Crippen LogP contribution in [0.3, 0.4) is 0 Å². The number of hydrogen-bond donors (Lipinski definition) is 1. The van der Waals surface area contributed by atoms with Gasteiger partial charge in [-0.2, -0.15) is 5.10 Å². The molecule has 2 rings (SSSR count). The lowest BCUT2D eigenvalue weighted by Gasteiger charge is -1.83. The van der Waals surface area contributed by atoms with Crippen LogP contribution in [0, 0.1) is 6.92 Å². The second-order valence-electron chi connectivity index (χ2n) is 2.24. The molecule has 0 spiro atoms. The van der Waals surface area contributed by atoms with Gasteiger partial charge in [-0.1, -0.05) is 55.4 Å². The molecule has 0 aromatic carbocycles. The molecule has 0 saturated carbocycles. The Hall–Kier alpha value is -1.38. The molecule has 0 amide bonds. The number of fused-ring (bicyclic) bond motifs is 1. The van der Waals surface area contributed by atoms with Crippen molar-refractivity contribution < 1.29 is 1.43 Å². The molecule has 3 heteroatoms. The predicted octanol–water partition coefficient (Wildman–Crippen LogP) is 5.62. The SMILES string of the molecule is CC.CC.CC.CC.Cc1[nH]nc2ccncc12.[HH]. The number of aromatic nitrogens is 3. The lowest BCUT2D eigenvalue weighted by atomic mass is 10.3. The van der Waals surface area contributed by atoms with Gasteiger partial charge in [0.25, 0.3) is 0 Å². The van der Waals surface area contributed by atoms with Crippen molar-refractivity contribution in [2.45, 2.75) is 62.3 Å². The number of hydrogen-bond acceptors (Lipinski definition) is 2. The van der Waals surface area contributed by atoms with E-state index in [2.05, 4.69) is 15.2 Å². The fourth-order valence-electron chi connectivity index (χ4n) is 0.978. The third kappa shape index (κ3) is 7.82. The van der Waals surface area contributed by atoms with Crippen molar-refractivity contribution in [1.29, 1.82) is 0 Å². The number of aromatic amines is 1. The predicted molar refractivity (Wildman–Crippen MR) is 86.1 cm³/mol. The molecule has 18 heavy (non-hydrogen) atoms. The van der Waals surface area contributed by atoms with Gasteiger partial charge in [0.15, 0.2) is 0 Å². The Labute approximate surface area is 115 Å². The molecule has 0 bridgehead atoms. The van der Waals surface area contributed by atoms with Crippen LogP contribution in [0.2, 0.25) is 0 Å². The molecule has 0 unspecified atom stereocenters. The summed E-state index contributed by atoms with van der Waals surface area (Å²) in [5.74, 6) is 0. The lowest BCUT2D eigenvalue weighted by molar-refractivity contribution is 1.07. The van der Waals surface area contributed by atoms with Crippen LogP contribution in [0.4, 0.5) is 0 Å². The zero-order valence-corrected chi connectivity index (χ0v) is 13.6. The largest absolute Gasteiger partial charge is 0.282 e. The summed E-state index contributed by atoms with van der Waals surface area (Å²) in [5, 5.41) is 8.04. The fourth-order valence-corrected chi connectivity index (χ4v) is 0.978. The number of pyridine rings is 1. The first-order valence-electron chi connectivity index (χ1n) is 7.12. The highest BCUT2D eigenvalue weighted by Gasteiger charge is 1.97. The third-order valence-corrected chi connectivity index (χ3v) is 1.55. The van der Waals surface area contributed by atoms with Gasteiger partial charge in [0.1, 0.15) is 0 Å². The fraction of sp³-hybridized carbons (Fsp3) is 0.600. The molecule has 1 N–H and O–H groups in total. The number of rotatable bonds is 0. The highest BCUT2D eigenvalue weighted by atomic mass is 15.1. The summed E-state index contributed by atoms with van der Waals surface area (Å²) in [4.78, 5) is 3.99. The van der Waals surface area contributed by atoms with Crippen LogP contribution in [0.5, 0.6) is 0 Å². The van der Waals surface area contributed by atoms with E-state index in [9.17, 15) is 0 Å². The average Bonchev–Trinajstić information content (AvgIpc) is 2.90. The molecule has 3 nitrogen and oxygen atoms in total. The van der Waals surface area contributed by atoms with Crippen LogP contribution < -0.4 is 0 Å². The van der Waals surface area contributed by atoms with E-state index in [1.807, 2.05) is 74.6 Å². The summed E-state index contributed by atoms with van der Waals surface area (Å²) < 4.78 is 0. The Morgan fingerprint density at radius 2 is 1.44 bits per heavy atom. The highest BCUT2D eigenvalue weighted by Crippen LogP contribution is 2.11. The van der Waals surface area contributed by atoms with Gasteiger partial charge in [-0.05, 0) is 13.0 Å². The third-order valence-electron chi connectivity index (χ3n) is 1.55. The molecule has 2 heterocycles. The van der Waals surface area contributed by atoms with E-state index in [4.69, 9.17) is 0 Å². The summed E-state index contributed by atoms with van der Waals surface area (Å²) in [7, 11) is 0. The van der Waals surface area contributed by atoms with Crippen molar-refractivity contribution in [2.24, 2.45) is 0 Å². The maximum Gasteiger partial charge on any atom is 0.0954 e. The highest BCUT2D eigenvalue weighted by molar-refractivity contribution is 5.79. The van der Waals surface area contributed by atoms with Gasteiger partial charge in [-0.15, -0.1) is 0 Å². The summed E-state index contributed by atoms with van der Waals surface area (Å²) in [6.07, 6.45) is 3.55. The summed E-state index contributed by atoms with van der Waals surface area (Å²) in [5.41, 5.74) is 2.05. The summed E-state index contributed by atoms with van der Waals surface area (Å²) >= 11 is 0. The number of nitrogens with one attached hydrogen (secondary N) is 1. The number of H-pyrrole nitrogens is 1. The van der Waals surface area contributed by atoms with Crippen LogP contribution in [-0.2, 0) is 0 Å². The van der Waals surface area contributed by atoms with Gasteiger partial charge in [0.05, 0.1) is 5.52 Å². The molecule has 0 aliphatic rings. The van der Waals surface area contributed by atoms with E-state index in [-0.39, 0.29) is 1.43 Å². The quantitative estimate of drug-likeness (QED) is 0.664. The monoisotopic (exact) mass is 255 g/mol. The molecular formula is C15H33N3. The minimum Gasteiger partial charge on any atom is -0.282 e. The minimum atomic E-state index is 0. The molecule has 0 aliphatic carbocycles. The van der Waals surface area contributed by atoms with Crippen molar-refractivity contribution in [1.82, 2.24) is 15.2 Å².